The third-order valence-electron chi connectivity index (χ3n) is 2.55. The minimum atomic E-state index is -0.228. The lowest BCUT2D eigenvalue weighted by molar-refractivity contribution is -0.118. The third-order valence-corrected chi connectivity index (χ3v) is 2.65. The van der Waals surface area contributed by atoms with Crippen LogP contribution in [-0.2, 0) is 4.79 Å². The highest BCUT2D eigenvalue weighted by molar-refractivity contribution is 7.80. The molecule has 0 saturated heterocycles. The van der Waals surface area contributed by atoms with Crippen LogP contribution >= 0.6 is 12.2 Å². The van der Waals surface area contributed by atoms with Crippen LogP contribution in [0.5, 0.6) is 5.75 Å². The van der Waals surface area contributed by atoms with Crippen LogP contribution in [0.2, 0.25) is 0 Å². The summed E-state index contributed by atoms with van der Waals surface area (Å²) in [6, 6.07) is 16.2. The Hall–Kier alpha value is -2.60. The molecular formula is C15H15N3O2S. The van der Waals surface area contributed by atoms with Crippen molar-refractivity contribution in [2.45, 2.75) is 0 Å². The van der Waals surface area contributed by atoms with Gasteiger partial charge in [-0.25, -0.2) is 0 Å². The molecule has 0 bridgehead atoms. The molecule has 2 rings (SSSR count). The molecule has 2 aromatic rings. The lowest BCUT2D eigenvalue weighted by Crippen LogP contribution is -2.20. The first-order valence-corrected chi connectivity index (χ1v) is 6.68. The molecule has 0 aliphatic heterocycles. The van der Waals surface area contributed by atoms with E-state index in [1.165, 1.54) is 0 Å². The summed E-state index contributed by atoms with van der Waals surface area (Å²) in [4.78, 5) is 11.8. The quantitative estimate of drug-likeness (QED) is 0.739. The molecule has 6 heteroatoms. The first kappa shape index (κ1) is 14.8. The Morgan fingerprint density at radius 2 is 1.57 bits per heavy atom. The van der Waals surface area contributed by atoms with Gasteiger partial charge in [0.05, 0.1) is 0 Å². The van der Waals surface area contributed by atoms with Crippen LogP contribution in [0, 0.1) is 0 Å². The molecule has 1 amide bonds. The molecule has 2 aromatic carbocycles. The fourth-order valence-corrected chi connectivity index (χ4v) is 1.76. The van der Waals surface area contributed by atoms with Gasteiger partial charge in [0.15, 0.2) is 11.7 Å². The minimum absolute atomic E-state index is 0.0447. The molecule has 0 fully saturated rings. The predicted molar refractivity (Wildman–Crippen MR) is 87.4 cm³/mol. The number of carbonyl (C=O) groups is 1. The van der Waals surface area contributed by atoms with Gasteiger partial charge in [-0.1, -0.05) is 18.2 Å². The number of benzene rings is 2. The number of para-hydroxylation sites is 1. The lowest BCUT2D eigenvalue weighted by Gasteiger charge is -2.08. The molecule has 4 N–H and O–H groups in total. The number of anilines is 2. The van der Waals surface area contributed by atoms with E-state index in [1.807, 2.05) is 18.2 Å². The van der Waals surface area contributed by atoms with E-state index in [0.717, 1.165) is 5.69 Å². The molecule has 0 atom stereocenters. The summed E-state index contributed by atoms with van der Waals surface area (Å²) in [6.45, 7) is -0.0447. The summed E-state index contributed by atoms with van der Waals surface area (Å²) in [5.41, 5.74) is 6.81. The summed E-state index contributed by atoms with van der Waals surface area (Å²) < 4.78 is 5.36. The molecule has 0 heterocycles. The van der Waals surface area contributed by atoms with Crippen molar-refractivity contribution in [2.24, 2.45) is 5.73 Å². The summed E-state index contributed by atoms with van der Waals surface area (Å²) in [5.74, 6) is 0.428. The van der Waals surface area contributed by atoms with Gasteiger partial charge in [-0.15, -0.1) is 0 Å². The maximum Gasteiger partial charge on any atom is 0.262 e. The van der Waals surface area contributed by atoms with Crippen LogP contribution in [-0.4, -0.2) is 17.6 Å². The maximum atomic E-state index is 11.8. The molecule has 0 unspecified atom stereocenters. The SMILES string of the molecule is NC(=S)Nc1ccc(NC(=O)COc2ccccc2)cc1. The first-order chi connectivity index (χ1) is 10.1. The van der Waals surface area contributed by atoms with Crippen LogP contribution < -0.4 is 21.1 Å². The standard InChI is InChI=1S/C15H15N3O2S/c16-15(21)18-12-8-6-11(7-9-12)17-14(19)10-20-13-4-2-1-3-5-13/h1-9H,10H2,(H,17,19)(H3,16,18,21). The highest BCUT2D eigenvalue weighted by atomic mass is 32.1. The number of thiocarbonyl (C=S) groups is 1. The Morgan fingerprint density at radius 1 is 1.00 bits per heavy atom. The van der Waals surface area contributed by atoms with Gasteiger partial charge in [0, 0.05) is 11.4 Å². The van der Waals surface area contributed by atoms with Gasteiger partial charge in [0.25, 0.3) is 5.91 Å². The van der Waals surface area contributed by atoms with E-state index in [-0.39, 0.29) is 17.6 Å². The Bertz CT molecular complexity index is 615. The van der Waals surface area contributed by atoms with Crippen molar-refractivity contribution in [1.29, 1.82) is 0 Å². The molecule has 0 radical (unpaired) electrons. The van der Waals surface area contributed by atoms with Crippen molar-refractivity contribution in [3.05, 3.63) is 54.6 Å². The number of nitrogens with two attached hydrogens (primary N) is 1. The van der Waals surface area contributed by atoms with Crippen LogP contribution in [0.25, 0.3) is 0 Å². The fraction of sp³-hybridized carbons (Fsp3) is 0.0667. The summed E-state index contributed by atoms with van der Waals surface area (Å²) >= 11 is 4.74. The summed E-state index contributed by atoms with van der Waals surface area (Å²) in [7, 11) is 0. The van der Waals surface area contributed by atoms with E-state index in [4.69, 9.17) is 22.7 Å². The van der Waals surface area contributed by atoms with Gasteiger partial charge in [-0.3, -0.25) is 4.79 Å². The normalized spacial score (nSPS) is 9.71. The topological polar surface area (TPSA) is 76.4 Å². The Labute approximate surface area is 128 Å². The average Bonchev–Trinajstić information content (AvgIpc) is 2.48. The van der Waals surface area contributed by atoms with E-state index in [1.54, 1.807) is 36.4 Å². The molecule has 0 aliphatic rings. The van der Waals surface area contributed by atoms with E-state index < -0.39 is 0 Å². The van der Waals surface area contributed by atoms with E-state index in [0.29, 0.717) is 11.4 Å². The minimum Gasteiger partial charge on any atom is -0.484 e. The molecule has 108 valence electrons. The van der Waals surface area contributed by atoms with Gasteiger partial charge in [-0.2, -0.15) is 0 Å². The maximum absolute atomic E-state index is 11.8. The van der Waals surface area contributed by atoms with Gasteiger partial charge >= 0.3 is 0 Å². The van der Waals surface area contributed by atoms with Crippen molar-refractivity contribution < 1.29 is 9.53 Å². The third kappa shape index (κ3) is 5.12. The zero-order valence-corrected chi connectivity index (χ0v) is 12.0. The second kappa shape index (κ2) is 7.25. The number of rotatable bonds is 5. The Kier molecular flexibility index (Phi) is 5.11. The molecule has 0 spiro atoms. The monoisotopic (exact) mass is 301 g/mol. The second-order valence-electron chi connectivity index (χ2n) is 4.22. The summed E-state index contributed by atoms with van der Waals surface area (Å²) in [5, 5.41) is 5.74. The molecule has 0 aromatic heterocycles. The van der Waals surface area contributed by atoms with Crippen molar-refractivity contribution in [3.63, 3.8) is 0 Å². The van der Waals surface area contributed by atoms with Gasteiger partial charge < -0.3 is 21.1 Å². The van der Waals surface area contributed by atoms with Crippen LogP contribution in [0.15, 0.2) is 54.6 Å². The fourth-order valence-electron chi connectivity index (χ4n) is 1.64. The number of amides is 1. The highest BCUT2D eigenvalue weighted by Gasteiger charge is 2.03. The predicted octanol–water partition coefficient (Wildman–Crippen LogP) is 2.36. The van der Waals surface area contributed by atoms with Crippen molar-refractivity contribution in [1.82, 2.24) is 0 Å². The first-order valence-electron chi connectivity index (χ1n) is 6.28. The number of hydrogen-bond donors (Lipinski definition) is 3. The second-order valence-corrected chi connectivity index (χ2v) is 4.66. The van der Waals surface area contributed by atoms with Crippen molar-refractivity contribution >= 4 is 34.6 Å². The zero-order valence-electron chi connectivity index (χ0n) is 11.2. The molecule has 0 saturated carbocycles. The largest absolute Gasteiger partial charge is 0.484 e. The van der Waals surface area contributed by atoms with Crippen LogP contribution in [0.1, 0.15) is 0 Å². The van der Waals surface area contributed by atoms with Gasteiger partial charge in [0.2, 0.25) is 0 Å². The molecule has 5 nitrogen and oxygen atoms in total. The van der Waals surface area contributed by atoms with E-state index >= 15 is 0 Å². The van der Waals surface area contributed by atoms with Gasteiger partial charge in [0.1, 0.15) is 5.75 Å². The number of ether oxygens (including phenoxy) is 1. The van der Waals surface area contributed by atoms with Crippen molar-refractivity contribution in [2.75, 3.05) is 17.2 Å². The van der Waals surface area contributed by atoms with E-state index in [9.17, 15) is 4.79 Å². The molecule has 0 aliphatic carbocycles. The summed E-state index contributed by atoms with van der Waals surface area (Å²) in [6.07, 6.45) is 0. The van der Waals surface area contributed by atoms with Crippen LogP contribution in [0.4, 0.5) is 11.4 Å². The van der Waals surface area contributed by atoms with Crippen LogP contribution in [0.3, 0.4) is 0 Å². The smallest absolute Gasteiger partial charge is 0.262 e. The number of carbonyl (C=O) groups excluding carboxylic acids is 1. The van der Waals surface area contributed by atoms with E-state index in [2.05, 4.69) is 10.6 Å². The lowest BCUT2D eigenvalue weighted by atomic mass is 10.3. The average molecular weight is 301 g/mol. The zero-order chi connectivity index (χ0) is 15.1. The van der Waals surface area contributed by atoms with Gasteiger partial charge in [-0.05, 0) is 48.6 Å². The Morgan fingerprint density at radius 3 is 2.14 bits per heavy atom. The molecule has 21 heavy (non-hydrogen) atoms. The number of hydrogen-bond acceptors (Lipinski definition) is 3. The molecular weight excluding hydrogens is 286 g/mol. The Balaban J connectivity index is 1.83. The highest BCUT2D eigenvalue weighted by Crippen LogP contribution is 2.13. The number of nitrogens with one attached hydrogen (secondary N) is 2. The van der Waals surface area contributed by atoms with Crippen molar-refractivity contribution in [3.8, 4) is 5.75 Å².